The van der Waals surface area contributed by atoms with Gasteiger partial charge in [-0.15, -0.1) is 0 Å². The highest BCUT2D eigenvalue weighted by Gasteiger charge is 2.27. The number of amides is 1. The number of nitrogens with one attached hydrogen (secondary N) is 1. The average Bonchev–Trinajstić information content (AvgIpc) is 3.27. The summed E-state index contributed by atoms with van der Waals surface area (Å²) in [5.41, 5.74) is 1.30. The Bertz CT molecular complexity index is 1130. The molecule has 0 aliphatic carbocycles. The molecule has 1 N–H and O–H groups in total. The zero-order chi connectivity index (χ0) is 23.4. The van der Waals surface area contributed by atoms with Crippen molar-refractivity contribution in [3.05, 3.63) is 52.3 Å². The Hall–Kier alpha value is -2.81. The highest BCUT2D eigenvalue weighted by molar-refractivity contribution is 6.36. The normalized spacial score (nSPS) is 14.8. The van der Waals surface area contributed by atoms with Gasteiger partial charge in [0.15, 0.2) is 0 Å². The number of nitrogens with zero attached hydrogens (tertiary/aromatic N) is 3. The van der Waals surface area contributed by atoms with Gasteiger partial charge in [-0.05, 0) is 56.3 Å². The highest BCUT2D eigenvalue weighted by Crippen LogP contribution is 2.31. The van der Waals surface area contributed by atoms with Crippen molar-refractivity contribution in [2.75, 3.05) is 32.6 Å². The van der Waals surface area contributed by atoms with E-state index in [0.717, 1.165) is 25.9 Å². The van der Waals surface area contributed by atoms with Crippen LogP contribution < -0.4 is 14.8 Å². The molecule has 2 heterocycles. The van der Waals surface area contributed by atoms with Gasteiger partial charge in [0, 0.05) is 22.6 Å². The number of hydrogen-bond acceptors (Lipinski definition) is 7. The Balaban J connectivity index is 1.31. The first-order valence-corrected chi connectivity index (χ1v) is 11.3. The summed E-state index contributed by atoms with van der Waals surface area (Å²) in [5, 5.41) is 8.03. The number of rotatable bonds is 7. The topological polar surface area (TPSA) is 89.7 Å². The second kappa shape index (κ2) is 10.4. The second-order valence-corrected chi connectivity index (χ2v) is 8.59. The van der Waals surface area contributed by atoms with E-state index in [0.29, 0.717) is 51.1 Å². The lowest BCUT2D eigenvalue weighted by Gasteiger charge is -2.30. The average molecular weight is 491 g/mol. The van der Waals surface area contributed by atoms with Crippen molar-refractivity contribution in [1.82, 2.24) is 15.0 Å². The van der Waals surface area contributed by atoms with Gasteiger partial charge < -0.3 is 19.3 Å². The third kappa shape index (κ3) is 5.58. The van der Waals surface area contributed by atoms with Crippen molar-refractivity contribution in [3.63, 3.8) is 0 Å². The molecular formula is C23H24Cl2N4O4. The lowest BCUT2D eigenvalue weighted by molar-refractivity contribution is -0.121. The Labute approximate surface area is 201 Å². The minimum absolute atomic E-state index is 0.0180. The number of hydrogen-bond donors (Lipinski definition) is 1. The number of aromatic nitrogens is 2. The van der Waals surface area contributed by atoms with Gasteiger partial charge in [-0.1, -0.05) is 28.4 Å². The molecule has 0 radical (unpaired) electrons. The quantitative estimate of drug-likeness (QED) is 0.502. The Morgan fingerprint density at radius 3 is 2.64 bits per heavy atom. The first-order valence-electron chi connectivity index (χ1n) is 10.5. The van der Waals surface area contributed by atoms with Crippen molar-refractivity contribution < 1.29 is 18.8 Å². The van der Waals surface area contributed by atoms with Crippen LogP contribution in [0.25, 0.3) is 11.4 Å². The summed E-state index contributed by atoms with van der Waals surface area (Å²) in [6.07, 6.45) is 1.46. The van der Waals surface area contributed by atoms with E-state index in [2.05, 4.69) is 20.4 Å². The van der Waals surface area contributed by atoms with E-state index >= 15 is 0 Å². The summed E-state index contributed by atoms with van der Waals surface area (Å²) >= 11 is 12.2. The van der Waals surface area contributed by atoms with Gasteiger partial charge >= 0.3 is 0 Å². The second-order valence-electron chi connectivity index (χ2n) is 7.74. The van der Waals surface area contributed by atoms with E-state index < -0.39 is 0 Å². The van der Waals surface area contributed by atoms with Gasteiger partial charge in [0.05, 0.1) is 31.5 Å². The molecule has 174 valence electrons. The van der Waals surface area contributed by atoms with Crippen LogP contribution in [0.1, 0.15) is 18.7 Å². The molecule has 1 fully saturated rings. The number of likely N-dealkylation sites (tertiary alicyclic amines) is 1. The van der Waals surface area contributed by atoms with Crippen molar-refractivity contribution >= 4 is 34.8 Å². The third-order valence-electron chi connectivity index (χ3n) is 5.62. The van der Waals surface area contributed by atoms with Gasteiger partial charge in [0.25, 0.3) is 0 Å². The number of anilines is 1. The van der Waals surface area contributed by atoms with Gasteiger partial charge in [-0.25, -0.2) is 0 Å². The highest BCUT2D eigenvalue weighted by atomic mass is 35.5. The summed E-state index contributed by atoms with van der Waals surface area (Å²) in [5.74, 6) is 2.06. The molecule has 0 atom stereocenters. The Morgan fingerprint density at radius 1 is 1.15 bits per heavy atom. The van der Waals surface area contributed by atoms with Crippen LogP contribution in [0, 0.1) is 5.92 Å². The van der Waals surface area contributed by atoms with E-state index in [1.807, 2.05) is 0 Å². The number of carbonyl (C=O) groups is 1. The van der Waals surface area contributed by atoms with E-state index in [1.165, 1.54) is 0 Å². The zero-order valence-corrected chi connectivity index (χ0v) is 19.8. The van der Waals surface area contributed by atoms with Crippen molar-refractivity contribution in [2.45, 2.75) is 19.4 Å². The summed E-state index contributed by atoms with van der Waals surface area (Å²) < 4.78 is 16.0. The molecule has 33 heavy (non-hydrogen) atoms. The van der Waals surface area contributed by atoms with E-state index in [1.54, 1.807) is 50.6 Å². The van der Waals surface area contributed by atoms with Crippen LogP contribution in [0.3, 0.4) is 0 Å². The lowest BCUT2D eigenvalue weighted by atomic mass is 9.96. The summed E-state index contributed by atoms with van der Waals surface area (Å²) in [4.78, 5) is 19.4. The maximum atomic E-state index is 12.8. The van der Waals surface area contributed by atoms with E-state index in [-0.39, 0.29) is 11.8 Å². The van der Waals surface area contributed by atoms with Crippen LogP contribution >= 0.6 is 23.2 Å². The molecule has 1 amide bonds. The van der Waals surface area contributed by atoms with E-state index in [9.17, 15) is 4.79 Å². The molecule has 8 nitrogen and oxygen atoms in total. The van der Waals surface area contributed by atoms with Crippen LogP contribution in [-0.2, 0) is 11.3 Å². The number of halogens is 2. The Kier molecular flexibility index (Phi) is 7.37. The largest absolute Gasteiger partial charge is 0.497 e. The minimum atomic E-state index is -0.0841. The molecule has 0 spiro atoms. The first kappa shape index (κ1) is 23.4. The maximum Gasteiger partial charge on any atom is 0.241 e. The number of benzene rings is 2. The zero-order valence-electron chi connectivity index (χ0n) is 18.3. The number of carbonyl (C=O) groups excluding carboxylic acids is 1. The number of ether oxygens (including phenoxy) is 2. The maximum absolute atomic E-state index is 12.8. The molecule has 0 bridgehead atoms. The molecule has 0 unspecified atom stereocenters. The number of methoxy groups -OCH3 is 2. The first-order chi connectivity index (χ1) is 16.0. The molecule has 4 rings (SSSR count). The molecule has 10 heteroatoms. The number of piperidine rings is 1. The predicted octanol–water partition coefficient (Wildman–Crippen LogP) is 4.91. The monoisotopic (exact) mass is 490 g/mol. The molecule has 0 saturated carbocycles. The van der Waals surface area contributed by atoms with Gasteiger partial charge in [0.2, 0.25) is 17.6 Å². The van der Waals surface area contributed by atoms with Gasteiger partial charge in [-0.2, -0.15) is 4.98 Å². The van der Waals surface area contributed by atoms with Crippen LogP contribution in [0.5, 0.6) is 11.5 Å². The van der Waals surface area contributed by atoms with Gasteiger partial charge in [-0.3, -0.25) is 9.69 Å². The standard InChI is InChI=1S/C23H24Cl2N4O4/c1-31-16-4-6-19(20(12-16)32-2)26-23(30)14-7-9-29(10-8-14)13-21-27-22(28-33-21)17-5-3-15(24)11-18(17)25/h3-6,11-12,14H,7-10,13H2,1-2H3,(H,26,30). The molecule has 1 saturated heterocycles. The molecule has 2 aromatic carbocycles. The smallest absolute Gasteiger partial charge is 0.241 e. The SMILES string of the molecule is COc1ccc(NC(=O)C2CCN(Cc3nc(-c4ccc(Cl)cc4Cl)no3)CC2)c(OC)c1. The van der Waals surface area contributed by atoms with Crippen LogP contribution in [-0.4, -0.2) is 48.3 Å². The van der Waals surface area contributed by atoms with Crippen molar-refractivity contribution in [1.29, 1.82) is 0 Å². The lowest BCUT2D eigenvalue weighted by Crippen LogP contribution is -2.37. The Morgan fingerprint density at radius 2 is 1.94 bits per heavy atom. The van der Waals surface area contributed by atoms with Crippen LogP contribution in [0.4, 0.5) is 5.69 Å². The fourth-order valence-electron chi connectivity index (χ4n) is 3.78. The summed E-state index contributed by atoms with van der Waals surface area (Å²) in [7, 11) is 3.15. The molecule has 1 aromatic heterocycles. The van der Waals surface area contributed by atoms with Crippen molar-refractivity contribution in [3.8, 4) is 22.9 Å². The van der Waals surface area contributed by atoms with E-state index in [4.69, 9.17) is 37.2 Å². The minimum Gasteiger partial charge on any atom is -0.497 e. The van der Waals surface area contributed by atoms with Crippen LogP contribution in [0.15, 0.2) is 40.9 Å². The third-order valence-corrected chi connectivity index (χ3v) is 6.17. The fourth-order valence-corrected chi connectivity index (χ4v) is 4.27. The van der Waals surface area contributed by atoms with Gasteiger partial charge in [0.1, 0.15) is 11.5 Å². The molecule has 1 aliphatic rings. The summed E-state index contributed by atoms with van der Waals surface area (Å²) in [6.45, 7) is 2.01. The van der Waals surface area contributed by atoms with Crippen LogP contribution in [0.2, 0.25) is 10.0 Å². The fraction of sp³-hybridized carbons (Fsp3) is 0.348. The molecular weight excluding hydrogens is 467 g/mol. The van der Waals surface area contributed by atoms with Crippen molar-refractivity contribution in [2.24, 2.45) is 5.92 Å². The summed E-state index contributed by atoms with van der Waals surface area (Å²) in [6, 6.07) is 10.5. The molecule has 1 aliphatic heterocycles. The molecule has 3 aromatic rings. The predicted molar refractivity (Wildman–Crippen MR) is 126 cm³/mol.